The lowest BCUT2D eigenvalue weighted by molar-refractivity contribution is 0.206. The normalized spacial score (nSPS) is 10.8. The first-order valence-electron chi connectivity index (χ1n) is 5.39. The van der Waals surface area contributed by atoms with E-state index in [4.69, 9.17) is 10.5 Å². The molecule has 0 amide bonds. The largest absolute Gasteiger partial charge is 0.384 e. The minimum atomic E-state index is 0.276. The number of nitrogens with zero attached hydrogens (tertiary/aromatic N) is 3. The summed E-state index contributed by atoms with van der Waals surface area (Å²) >= 11 is 0. The number of nitrogens with two attached hydrogens (primary N) is 1. The third-order valence-electron chi connectivity index (χ3n) is 2.29. The number of methoxy groups -OCH3 is 1. The van der Waals surface area contributed by atoms with Crippen LogP contribution in [0.2, 0.25) is 0 Å². The molecule has 0 saturated heterocycles. The molecule has 1 aromatic heterocycles. The Morgan fingerprint density at radius 1 is 1.44 bits per heavy atom. The standard InChI is InChI=1S/C11H20N4O/c1-8(2)11-13-9(12)7-10(14-11)15(3)5-6-16-4/h7-8H,5-6H2,1-4H3,(H2,12,13,14). The molecule has 90 valence electrons. The zero-order chi connectivity index (χ0) is 12.1. The van der Waals surface area contributed by atoms with Crippen molar-refractivity contribution < 1.29 is 4.74 Å². The van der Waals surface area contributed by atoms with E-state index in [1.54, 1.807) is 13.2 Å². The highest BCUT2D eigenvalue weighted by Crippen LogP contribution is 2.17. The van der Waals surface area contributed by atoms with Crippen LogP contribution in [0.25, 0.3) is 0 Å². The molecule has 5 nitrogen and oxygen atoms in total. The Morgan fingerprint density at radius 3 is 2.69 bits per heavy atom. The van der Waals surface area contributed by atoms with Crippen LogP contribution in [0.3, 0.4) is 0 Å². The molecular formula is C11H20N4O. The minimum Gasteiger partial charge on any atom is -0.384 e. The fourth-order valence-electron chi connectivity index (χ4n) is 1.27. The van der Waals surface area contributed by atoms with Crippen molar-refractivity contribution in [2.75, 3.05) is 37.9 Å². The second kappa shape index (κ2) is 5.65. The minimum absolute atomic E-state index is 0.276. The monoisotopic (exact) mass is 224 g/mol. The van der Waals surface area contributed by atoms with Crippen LogP contribution in [0.5, 0.6) is 0 Å². The van der Waals surface area contributed by atoms with Crippen molar-refractivity contribution in [2.45, 2.75) is 19.8 Å². The van der Waals surface area contributed by atoms with Crippen LogP contribution < -0.4 is 10.6 Å². The third kappa shape index (κ3) is 3.34. The van der Waals surface area contributed by atoms with E-state index in [1.165, 1.54) is 0 Å². The summed E-state index contributed by atoms with van der Waals surface area (Å²) in [5.41, 5.74) is 5.75. The van der Waals surface area contributed by atoms with Crippen molar-refractivity contribution >= 4 is 11.6 Å². The molecule has 0 radical (unpaired) electrons. The first-order chi connectivity index (χ1) is 7.54. The number of hydrogen-bond acceptors (Lipinski definition) is 5. The summed E-state index contributed by atoms with van der Waals surface area (Å²) in [6.07, 6.45) is 0. The molecule has 1 aromatic rings. The Bertz CT molecular complexity index is 341. The van der Waals surface area contributed by atoms with Gasteiger partial charge in [0.15, 0.2) is 0 Å². The highest BCUT2D eigenvalue weighted by atomic mass is 16.5. The molecule has 0 bridgehead atoms. The van der Waals surface area contributed by atoms with Gasteiger partial charge in [0.1, 0.15) is 17.5 Å². The molecular weight excluding hydrogens is 204 g/mol. The van der Waals surface area contributed by atoms with E-state index >= 15 is 0 Å². The molecule has 0 unspecified atom stereocenters. The van der Waals surface area contributed by atoms with E-state index in [9.17, 15) is 0 Å². The topological polar surface area (TPSA) is 64.3 Å². The lowest BCUT2D eigenvalue weighted by Crippen LogP contribution is -2.24. The van der Waals surface area contributed by atoms with Gasteiger partial charge in [0.25, 0.3) is 0 Å². The van der Waals surface area contributed by atoms with Crippen LogP contribution in [-0.4, -0.2) is 37.3 Å². The van der Waals surface area contributed by atoms with E-state index in [2.05, 4.69) is 9.97 Å². The number of ether oxygens (including phenoxy) is 1. The van der Waals surface area contributed by atoms with Crippen LogP contribution in [0.15, 0.2) is 6.07 Å². The van der Waals surface area contributed by atoms with Crippen molar-refractivity contribution in [3.63, 3.8) is 0 Å². The molecule has 0 aliphatic rings. The Kier molecular flexibility index (Phi) is 4.49. The zero-order valence-corrected chi connectivity index (χ0v) is 10.4. The number of anilines is 2. The first-order valence-corrected chi connectivity index (χ1v) is 5.39. The second-order valence-electron chi connectivity index (χ2n) is 4.08. The molecule has 16 heavy (non-hydrogen) atoms. The van der Waals surface area contributed by atoms with E-state index in [0.29, 0.717) is 12.4 Å². The van der Waals surface area contributed by atoms with Crippen LogP contribution in [0, 0.1) is 0 Å². The summed E-state index contributed by atoms with van der Waals surface area (Å²) in [6.45, 7) is 5.54. The predicted molar refractivity (Wildman–Crippen MR) is 65.7 cm³/mol. The Hall–Kier alpha value is -1.36. The number of hydrogen-bond donors (Lipinski definition) is 1. The molecule has 2 N–H and O–H groups in total. The maximum absolute atomic E-state index is 5.75. The van der Waals surface area contributed by atoms with Crippen molar-refractivity contribution in [3.05, 3.63) is 11.9 Å². The molecule has 0 aliphatic heterocycles. The van der Waals surface area contributed by atoms with Gasteiger partial charge in [-0.15, -0.1) is 0 Å². The molecule has 5 heteroatoms. The molecule has 1 rings (SSSR count). The smallest absolute Gasteiger partial charge is 0.135 e. The van der Waals surface area contributed by atoms with Gasteiger partial charge in [-0.2, -0.15) is 0 Å². The number of aromatic nitrogens is 2. The summed E-state index contributed by atoms with van der Waals surface area (Å²) < 4.78 is 5.03. The summed E-state index contributed by atoms with van der Waals surface area (Å²) in [6, 6.07) is 1.78. The summed E-state index contributed by atoms with van der Waals surface area (Å²) in [5.74, 6) is 2.41. The molecule has 0 saturated carbocycles. The predicted octanol–water partition coefficient (Wildman–Crippen LogP) is 1.26. The molecule has 0 atom stereocenters. The molecule has 0 spiro atoms. The van der Waals surface area contributed by atoms with Crippen LogP contribution in [0.1, 0.15) is 25.6 Å². The van der Waals surface area contributed by atoms with Gasteiger partial charge in [-0.3, -0.25) is 0 Å². The van der Waals surface area contributed by atoms with E-state index in [0.717, 1.165) is 18.2 Å². The summed E-state index contributed by atoms with van der Waals surface area (Å²) in [5, 5.41) is 0. The zero-order valence-electron chi connectivity index (χ0n) is 10.4. The van der Waals surface area contributed by atoms with Gasteiger partial charge in [0, 0.05) is 32.7 Å². The lowest BCUT2D eigenvalue weighted by atomic mass is 10.2. The Morgan fingerprint density at radius 2 is 2.12 bits per heavy atom. The first kappa shape index (κ1) is 12.7. The van der Waals surface area contributed by atoms with Crippen LogP contribution >= 0.6 is 0 Å². The fourth-order valence-corrected chi connectivity index (χ4v) is 1.27. The van der Waals surface area contributed by atoms with Crippen molar-refractivity contribution in [2.24, 2.45) is 0 Å². The summed E-state index contributed by atoms with van der Waals surface area (Å²) in [4.78, 5) is 10.7. The van der Waals surface area contributed by atoms with E-state index < -0.39 is 0 Å². The van der Waals surface area contributed by atoms with Gasteiger partial charge in [-0.05, 0) is 0 Å². The van der Waals surface area contributed by atoms with Crippen LogP contribution in [0.4, 0.5) is 11.6 Å². The van der Waals surface area contributed by atoms with Gasteiger partial charge in [-0.1, -0.05) is 13.8 Å². The SMILES string of the molecule is COCCN(C)c1cc(N)nc(C(C)C)n1. The maximum atomic E-state index is 5.75. The molecule has 1 heterocycles. The number of rotatable bonds is 5. The molecule has 0 fully saturated rings. The maximum Gasteiger partial charge on any atom is 0.135 e. The molecule has 0 aromatic carbocycles. The van der Waals surface area contributed by atoms with Crippen molar-refractivity contribution in [3.8, 4) is 0 Å². The average molecular weight is 224 g/mol. The third-order valence-corrected chi connectivity index (χ3v) is 2.29. The highest BCUT2D eigenvalue weighted by molar-refractivity contribution is 5.46. The van der Waals surface area contributed by atoms with E-state index in [-0.39, 0.29) is 5.92 Å². The fraction of sp³-hybridized carbons (Fsp3) is 0.636. The number of nitrogen functional groups attached to an aromatic ring is 1. The van der Waals surface area contributed by atoms with Gasteiger partial charge >= 0.3 is 0 Å². The van der Waals surface area contributed by atoms with Crippen LogP contribution in [-0.2, 0) is 4.74 Å². The average Bonchev–Trinajstić information content (AvgIpc) is 2.24. The summed E-state index contributed by atoms with van der Waals surface area (Å²) in [7, 11) is 3.65. The van der Waals surface area contributed by atoms with Gasteiger partial charge in [0.2, 0.25) is 0 Å². The van der Waals surface area contributed by atoms with Crippen molar-refractivity contribution in [1.29, 1.82) is 0 Å². The lowest BCUT2D eigenvalue weighted by Gasteiger charge is -2.19. The Balaban J connectivity index is 2.86. The highest BCUT2D eigenvalue weighted by Gasteiger charge is 2.09. The number of likely N-dealkylation sites (N-methyl/N-ethyl adjacent to an activating group) is 1. The van der Waals surface area contributed by atoms with Gasteiger partial charge in [0.05, 0.1) is 6.61 Å². The second-order valence-corrected chi connectivity index (χ2v) is 4.08. The van der Waals surface area contributed by atoms with Gasteiger partial charge < -0.3 is 15.4 Å². The van der Waals surface area contributed by atoms with E-state index in [1.807, 2.05) is 25.8 Å². The Labute approximate surface area is 96.6 Å². The molecule has 0 aliphatic carbocycles. The van der Waals surface area contributed by atoms with Gasteiger partial charge in [-0.25, -0.2) is 9.97 Å². The quantitative estimate of drug-likeness (QED) is 0.815. The van der Waals surface area contributed by atoms with Crippen molar-refractivity contribution in [1.82, 2.24) is 9.97 Å².